The number of aromatic carboxylic acids is 1. The second-order valence-electron chi connectivity index (χ2n) is 5.97. The van der Waals surface area contributed by atoms with E-state index < -0.39 is 27.6 Å². The van der Waals surface area contributed by atoms with E-state index in [9.17, 15) is 19.5 Å². The molecule has 0 saturated heterocycles. The number of nitrogens with one attached hydrogen (secondary N) is 2. The number of carboxylic acids is 1. The van der Waals surface area contributed by atoms with Crippen molar-refractivity contribution in [1.29, 1.82) is 0 Å². The van der Waals surface area contributed by atoms with Crippen LogP contribution < -0.4 is 15.0 Å². The molecule has 3 rings (SSSR count). The van der Waals surface area contributed by atoms with Gasteiger partial charge >= 0.3 is 182 Å². The number of amides is 2. The SMILES string of the molecule is O=C(Nc1ccccc1)[AsH]c1ccc(C(=O)Nc2ccc(Br)cc2C(=O)O)cc1. The number of hydrogen-bond acceptors (Lipinski definition) is 3. The van der Waals surface area contributed by atoms with Crippen molar-refractivity contribution in [3.8, 4) is 0 Å². The first-order valence-corrected chi connectivity index (χ1v) is 11.4. The fourth-order valence-corrected chi connectivity index (χ4v) is 4.56. The monoisotopic (exact) mass is 514 g/mol. The van der Waals surface area contributed by atoms with Crippen molar-refractivity contribution < 1.29 is 19.5 Å². The molecule has 0 spiro atoms. The molecule has 0 bridgehead atoms. The molecule has 29 heavy (non-hydrogen) atoms. The van der Waals surface area contributed by atoms with Crippen molar-refractivity contribution >= 4 is 64.0 Å². The number of para-hydroxylation sites is 1. The Morgan fingerprint density at radius 2 is 1.55 bits per heavy atom. The van der Waals surface area contributed by atoms with Gasteiger partial charge in [0.15, 0.2) is 0 Å². The van der Waals surface area contributed by atoms with Gasteiger partial charge in [-0.3, -0.25) is 0 Å². The second kappa shape index (κ2) is 9.54. The van der Waals surface area contributed by atoms with Crippen LogP contribution in [-0.2, 0) is 0 Å². The molecule has 146 valence electrons. The Kier molecular flexibility index (Phi) is 6.85. The zero-order valence-electron chi connectivity index (χ0n) is 15.0. The van der Waals surface area contributed by atoms with Gasteiger partial charge in [0.05, 0.1) is 0 Å². The summed E-state index contributed by atoms with van der Waals surface area (Å²) in [6.07, 6.45) is 0. The summed E-state index contributed by atoms with van der Waals surface area (Å²) in [7, 11) is 0. The van der Waals surface area contributed by atoms with E-state index in [0.29, 0.717) is 10.0 Å². The van der Waals surface area contributed by atoms with Gasteiger partial charge in [-0.1, -0.05) is 0 Å². The Bertz CT molecular complexity index is 1060. The van der Waals surface area contributed by atoms with Crippen LogP contribution in [0.1, 0.15) is 20.7 Å². The van der Waals surface area contributed by atoms with Crippen LogP contribution in [-0.4, -0.2) is 37.4 Å². The summed E-state index contributed by atoms with van der Waals surface area (Å²) in [5.74, 6) is -1.55. The number of hydrogen-bond donors (Lipinski definition) is 3. The molecule has 0 fully saturated rings. The van der Waals surface area contributed by atoms with Gasteiger partial charge in [0, 0.05) is 0 Å². The molecule has 3 N–H and O–H groups in total. The Morgan fingerprint density at radius 3 is 2.21 bits per heavy atom. The van der Waals surface area contributed by atoms with E-state index in [1.165, 1.54) is 12.1 Å². The van der Waals surface area contributed by atoms with E-state index >= 15 is 0 Å². The average Bonchev–Trinajstić information content (AvgIpc) is 2.70. The molecule has 0 heterocycles. The summed E-state index contributed by atoms with van der Waals surface area (Å²) in [4.78, 5) is 36.0. The van der Waals surface area contributed by atoms with Crippen molar-refractivity contribution in [3.63, 3.8) is 0 Å². The molecular formula is C21H16AsBrN2O4. The molecule has 3 aromatic carbocycles. The number of carbonyl (C=O) groups excluding carboxylic acids is 2. The number of anilines is 2. The van der Waals surface area contributed by atoms with Crippen molar-refractivity contribution in [2.24, 2.45) is 0 Å². The fourth-order valence-electron chi connectivity index (χ4n) is 2.52. The molecule has 0 aliphatic rings. The normalized spacial score (nSPS) is 10.7. The van der Waals surface area contributed by atoms with Gasteiger partial charge in [0.2, 0.25) is 0 Å². The number of carboxylic acid groups (broad SMARTS) is 1. The summed E-state index contributed by atoms with van der Waals surface area (Å²) in [5, 5.41) is 14.8. The van der Waals surface area contributed by atoms with Crippen LogP contribution in [0.4, 0.5) is 16.2 Å². The maximum atomic E-state index is 12.5. The predicted molar refractivity (Wildman–Crippen MR) is 118 cm³/mol. The Balaban J connectivity index is 1.65. The maximum absolute atomic E-state index is 12.5. The molecular weight excluding hydrogens is 499 g/mol. The first-order valence-electron chi connectivity index (χ1n) is 8.50. The minimum absolute atomic E-state index is 0.00593. The summed E-state index contributed by atoms with van der Waals surface area (Å²) in [6, 6.07) is 20.6. The van der Waals surface area contributed by atoms with Crippen LogP contribution in [0, 0.1) is 0 Å². The zero-order valence-corrected chi connectivity index (χ0v) is 18.7. The van der Waals surface area contributed by atoms with E-state index in [-0.39, 0.29) is 15.9 Å². The third-order valence-electron chi connectivity index (χ3n) is 3.90. The summed E-state index contributed by atoms with van der Waals surface area (Å²) < 4.78 is 1.45. The van der Waals surface area contributed by atoms with Crippen LogP contribution in [0.3, 0.4) is 0 Å². The van der Waals surface area contributed by atoms with Crippen LogP contribution >= 0.6 is 15.9 Å². The van der Waals surface area contributed by atoms with Crippen molar-refractivity contribution in [2.75, 3.05) is 10.6 Å². The molecule has 0 aliphatic carbocycles. The Labute approximate surface area is 182 Å². The van der Waals surface area contributed by atoms with E-state index in [1.807, 2.05) is 30.3 Å². The summed E-state index contributed by atoms with van der Waals surface area (Å²) in [5.41, 5.74) is 1.34. The molecule has 0 radical (unpaired) electrons. The predicted octanol–water partition coefficient (Wildman–Crippen LogP) is 3.69. The standard InChI is InChI=1S/C21H16AsBrN2O4/c23-15-10-11-18(17(12-15)20(27)28)25-19(26)13-6-8-14(9-7-13)22-21(29)24-16-4-2-1-3-5-16/h1-12,22H,(H,24,29)(H,25,26)(H,27,28). The number of carbonyl (C=O) groups is 3. The van der Waals surface area contributed by atoms with Crippen molar-refractivity contribution in [1.82, 2.24) is 0 Å². The molecule has 1 atom stereocenters. The third kappa shape index (κ3) is 5.79. The molecule has 8 heteroatoms. The molecule has 1 unspecified atom stereocenters. The van der Waals surface area contributed by atoms with E-state index in [0.717, 1.165) is 10.0 Å². The summed E-state index contributed by atoms with van der Waals surface area (Å²) >= 11 is 2.14. The van der Waals surface area contributed by atoms with Gasteiger partial charge in [-0.2, -0.15) is 0 Å². The van der Waals surface area contributed by atoms with Crippen LogP contribution in [0.2, 0.25) is 0 Å². The molecule has 0 aromatic heterocycles. The molecule has 0 aliphatic heterocycles. The van der Waals surface area contributed by atoms with E-state index in [2.05, 4.69) is 26.6 Å². The fraction of sp³-hybridized carbons (Fsp3) is 0. The number of benzene rings is 3. The Hall–Kier alpha value is -2.89. The van der Waals surface area contributed by atoms with E-state index in [1.54, 1.807) is 30.3 Å². The molecule has 3 aromatic rings. The quantitative estimate of drug-likeness (QED) is 0.437. The third-order valence-corrected chi connectivity index (χ3v) is 6.43. The van der Waals surface area contributed by atoms with Crippen molar-refractivity contribution in [2.45, 2.75) is 0 Å². The van der Waals surface area contributed by atoms with Gasteiger partial charge in [-0.05, 0) is 0 Å². The summed E-state index contributed by atoms with van der Waals surface area (Å²) in [6.45, 7) is 0. The minimum atomic E-state index is -1.13. The van der Waals surface area contributed by atoms with E-state index in [4.69, 9.17) is 0 Å². The Morgan fingerprint density at radius 1 is 0.862 bits per heavy atom. The van der Waals surface area contributed by atoms with Crippen molar-refractivity contribution in [3.05, 3.63) is 88.4 Å². The molecule has 2 amide bonds. The van der Waals surface area contributed by atoms with Gasteiger partial charge in [0.1, 0.15) is 0 Å². The first-order chi connectivity index (χ1) is 13.9. The van der Waals surface area contributed by atoms with Crippen LogP contribution in [0.25, 0.3) is 0 Å². The number of rotatable bonds is 6. The van der Waals surface area contributed by atoms with Gasteiger partial charge < -0.3 is 0 Å². The zero-order chi connectivity index (χ0) is 20.8. The second-order valence-corrected chi connectivity index (χ2v) is 9.58. The first kappa shape index (κ1) is 20.8. The molecule has 0 saturated carbocycles. The van der Waals surface area contributed by atoms with Crippen LogP contribution in [0.15, 0.2) is 77.3 Å². The average molecular weight is 515 g/mol. The topological polar surface area (TPSA) is 95.5 Å². The van der Waals surface area contributed by atoms with Gasteiger partial charge in [0.25, 0.3) is 0 Å². The molecule has 6 nitrogen and oxygen atoms in total. The van der Waals surface area contributed by atoms with Gasteiger partial charge in [-0.25, -0.2) is 0 Å². The number of halogens is 1. The van der Waals surface area contributed by atoms with Crippen LogP contribution in [0.5, 0.6) is 0 Å². The van der Waals surface area contributed by atoms with Gasteiger partial charge in [-0.15, -0.1) is 0 Å².